The van der Waals surface area contributed by atoms with Crippen LogP contribution in [0.4, 0.5) is 0 Å². The third kappa shape index (κ3) is 4.92. The highest BCUT2D eigenvalue weighted by Gasteiger charge is 2.49. The first-order valence-corrected chi connectivity index (χ1v) is 19.5. The van der Waals surface area contributed by atoms with Gasteiger partial charge in [0.25, 0.3) is 0 Å². The van der Waals surface area contributed by atoms with E-state index in [4.69, 9.17) is 9.97 Å². The van der Waals surface area contributed by atoms with Gasteiger partial charge in [-0.2, -0.15) is 0 Å². The van der Waals surface area contributed by atoms with Crippen molar-refractivity contribution >= 4 is 23.1 Å². The summed E-state index contributed by atoms with van der Waals surface area (Å²) in [6, 6.07) is 58.2. The Morgan fingerprint density at radius 2 is 1.08 bits per heavy atom. The van der Waals surface area contributed by atoms with Crippen LogP contribution in [0, 0.1) is 0 Å². The van der Waals surface area contributed by atoms with Crippen LogP contribution in [0.25, 0.3) is 22.4 Å². The molecule has 4 heteroatoms. The lowest BCUT2D eigenvalue weighted by Gasteiger charge is -2.34. The zero-order valence-electron chi connectivity index (χ0n) is 28.9. The van der Waals surface area contributed by atoms with Gasteiger partial charge in [-0.05, 0) is 35.6 Å². The minimum absolute atomic E-state index is 0.400. The molecule has 6 aromatic carbocycles. The molecule has 0 N–H and O–H groups in total. The van der Waals surface area contributed by atoms with E-state index in [-0.39, 0.29) is 0 Å². The predicted octanol–water partition coefficient (Wildman–Crippen LogP) is 9.92. The number of fused-ring (bicyclic) bond motifs is 3. The van der Waals surface area contributed by atoms with Gasteiger partial charge >= 0.3 is 0 Å². The first-order valence-electron chi connectivity index (χ1n) is 17.8. The molecule has 2 aliphatic carbocycles. The Labute approximate surface area is 305 Å². The molecule has 0 radical (unpaired) electrons. The Balaban J connectivity index is 1.33. The van der Waals surface area contributed by atoms with E-state index in [1.54, 1.807) is 0 Å². The van der Waals surface area contributed by atoms with E-state index in [0.29, 0.717) is 0 Å². The van der Waals surface area contributed by atoms with Gasteiger partial charge < -0.3 is 4.57 Å². The summed E-state index contributed by atoms with van der Waals surface area (Å²) in [4.78, 5) is 11.2. The fourth-order valence-electron chi connectivity index (χ4n) is 8.18. The Morgan fingerprint density at radius 1 is 0.558 bits per heavy atom. The number of allylic oxidation sites excluding steroid dienone is 4. The largest absolute Gasteiger partial charge is 0.309 e. The lowest BCUT2D eigenvalue weighted by Crippen LogP contribution is -2.32. The molecule has 1 unspecified atom stereocenters. The highest BCUT2D eigenvalue weighted by Crippen LogP contribution is 2.57. The van der Waals surface area contributed by atoms with E-state index in [1.807, 2.05) is 72.8 Å². The molecule has 1 aromatic heterocycles. The van der Waals surface area contributed by atoms with E-state index >= 15 is 4.57 Å². The SMILES string of the molecule is CC1(c2nc(-c3ccc(P(=O)(c4ccccc4)c4ccccc4)cc3)c3c(n2)C(c2ccccc2)(c2ccccc2)c2ccccc2-3)C=CC=CC1. The first kappa shape index (κ1) is 32.0. The number of aromatic nitrogens is 2. The zero-order valence-corrected chi connectivity index (χ0v) is 29.8. The van der Waals surface area contributed by atoms with Gasteiger partial charge in [0, 0.05) is 32.5 Å². The van der Waals surface area contributed by atoms with Crippen LogP contribution >= 0.6 is 7.14 Å². The average Bonchev–Trinajstić information content (AvgIpc) is 3.53. The second-order valence-electron chi connectivity index (χ2n) is 13.9. The van der Waals surface area contributed by atoms with E-state index in [9.17, 15) is 0 Å². The van der Waals surface area contributed by atoms with Crippen LogP contribution < -0.4 is 15.9 Å². The Morgan fingerprint density at radius 3 is 1.63 bits per heavy atom. The fraction of sp³-hybridized carbons (Fsp3) is 0.0833. The lowest BCUT2D eigenvalue weighted by atomic mass is 9.69. The molecule has 0 fully saturated rings. The molecular weight excluding hydrogens is 652 g/mol. The number of nitrogens with zero attached hydrogens (tertiary/aromatic N) is 2. The highest BCUT2D eigenvalue weighted by atomic mass is 31.2. The summed E-state index contributed by atoms with van der Waals surface area (Å²) >= 11 is 0. The minimum atomic E-state index is -3.15. The second-order valence-corrected chi connectivity index (χ2v) is 16.7. The van der Waals surface area contributed by atoms with Crippen LogP contribution in [-0.4, -0.2) is 9.97 Å². The molecule has 0 amide bonds. The van der Waals surface area contributed by atoms with Gasteiger partial charge in [0.15, 0.2) is 7.14 Å². The normalized spacial score (nSPS) is 17.0. The van der Waals surface area contributed by atoms with Gasteiger partial charge in [-0.3, -0.25) is 0 Å². The van der Waals surface area contributed by atoms with Crippen LogP contribution in [0.5, 0.6) is 0 Å². The number of rotatable bonds is 7. The maximum absolute atomic E-state index is 15.3. The van der Waals surface area contributed by atoms with Crippen molar-refractivity contribution in [2.45, 2.75) is 24.2 Å². The maximum atomic E-state index is 15.3. The first-order chi connectivity index (χ1) is 25.5. The van der Waals surface area contributed by atoms with E-state index < -0.39 is 18.0 Å². The van der Waals surface area contributed by atoms with E-state index in [0.717, 1.165) is 67.4 Å². The quantitative estimate of drug-likeness (QED) is 0.157. The molecule has 7 aromatic rings. The summed E-state index contributed by atoms with van der Waals surface area (Å²) < 4.78 is 15.3. The monoisotopic (exact) mass is 688 g/mol. The molecule has 0 saturated carbocycles. The summed E-state index contributed by atoms with van der Waals surface area (Å²) in [5.41, 5.74) is 7.43. The number of hydrogen-bond donors (Lipinski definition) is 0. The van der Waals surface area contributed by atoms with Gasteiger partial charge in [-0.15, -0.1) is 0 Å². The number of benzene rings is 6. The minimum Gasteiger partial charge on any atom is -0.309 e. The van der Waals surface area contributed by atoms with Crippen LogP contribution in [0.2, 0.25) is 0 Å². The Kier molecular flexibility index (Phi) is 7.83. The topological polar surface area (TPSA) is 42.9 Å². The van der Waals surface area contributed by atoms with Gasteiger partial charge in [0.1, 0.15) is 5.82 Å². The van der Waals surface area contributed by atoms with E-state index in [2.05, 4.69) is 128 Å². The predicted molar refractivity (Wildman–Crippen MR) is 214 cm³/mol. The molecule has 0 spiro atoms. The summed E-state index contributed by atoms with van der Waals surface area (Å²) in [7, 11) is -3.15. The molecule has 9 rings (SSSR count). The van der Waals surface area contributed by atoms with Crippen molar-refractivity contribution in [1.29, 1.82) is 0 Å². The fourth-order valence-corrected chi connectivity index (χ4v) is 10.8. The molecule has 0 aliphatic heterocycles. The summed E-state index contributed by atoms with van der Waals surface area (Å²) in [6.45, 7) is 2.23. The van der Waals surface area contributed by atoms with Gasteiger partial charge in [-0.1, -0.05) is 194 Å². The van der Waals surface area contributed by atoms with Crippen molar-refractivity contribution in [3.05, 3.63) is 222 Å². The van der Waals surface area contributed by atoms with Crippen molar-refractivity contribution in [2.75, 3.05) is 0 Å². The molecule has 250 valence electrons. The highest BCUT2D eigenvalue weighted by molar-refractivity contribution is 7.85. The van der Waals surface area contributed by atoms with Crippen molar-refractivity contribution in [2.24, 2.45) is 0 Å². The summed E-state index contributed by atoms with van der Waals surface area (Å²) in [5, 5.41) is 2.41. The van der Waals surface area contributed by atoms with Crippen LogP contribution in [0.3, 0.4) is 0 Å². The molecular formula is C48H37N2OP. The smallest absolute Gasteiger partial charge is 0.171 e. The molecule has 1 heterocycles. The van der Waals surface area contributed by atoms with Crippen molar-refractivity contribution < 1.29 is 4.57 Å². The van der Waals surface area contributed by atoms with E-state index in [1.165, 1.54) is 5.56 Å². The average molecular weight is 689 g/mol. The summed E-state index contributed by atoms with van der Waals surface area (Å²) in [6.07, 6.45) is 9.43. The van der Waals surface area contributed by atoms with Gasteiger partial charge in [0.05, 0.1) is 16.8 Å². The second kappa shape index (κ2) is 12.7. The van der Waals surface area contributed by atoms with Crippen molar-refractivity contribution in [3.63, 3.8) is 0 Å². The maximum Gasteiger partial charge on any atom is 0.171 e. The van der Waals surface area contributed by atoms with Gasteiger partial charge in [0.2, 0.25) is 0 Å². The molecule has 1 atom stereocenters. The van der Waals surface area contributed by atoms with Crippen LogP contribution in [-0.2, 0) is 15.4 Å². The molecule has 52 heavy (non-hydrogen) atoms. The van der Waals surface area contributed by atoms with Crippen molar-refractivity contribution in [3.8, 4) is 22.4 Å². The third-order valence-electron chi connectivity index (χ3n) is 10.8. The lowest BCUT2D eigenvalue weighted by molar-refractivity contribution is 0.548. The Bertz CT molecular complexity index is 2430. The van der Waals surface area contributed by atoms with Gasteiger partial charge in [-0.25, -0.2) is 9.97 Å². The number of hydrogen-bond acceptors (Lipinski definition) is 3. The third-order valence-corrected chi connectivity index (χ3v) is 13.9. The molecule has 3 nitrogen and oxygen atoms in total. The zero-order chi connectivity index (χ0) is 35.2. The molecule has 0 bridgehead atoms. The standard InChI is InChI=1S/C48H37N2OP/c1-47(33-17-6-18-34-47)46-49-44(35-29-31-40(32-30-35)52(51,38-23-11-4-12-24-38)39-25-13-5-14-26-39)43-41-27-15-16-28-42(41)48(45(43)50-46,36-19-7-2-8-20-36)37-21-9-3-10-22-37/h2-33H,34H2,1H3. The Hall–Kier alpha value is -5.89. The van der Waals surface area contributed by atoms with Crippen LogP contribution in [0.15, 0.2) is 194 Å². The van der Waals surface area contributed by atoms with Crippen molar-refractivity contribution in [1.82, 2.24) is 9.97 Å². The molecule has 0 saturated heterocycles. The summed E-state index contributed by atoms with van der Waals surface area (Å²) in [5.74, 6) is 0.786. The molecule has 2 aliphatic rings. The van der Waals surface area contributed by atoms with Crippen LogP contribution in [0.1, 0.15) is 41.6 Å².